The first kappa shape index (κ1) is 13.3. The van der Waals surface area contributed by atoms with Crippen molar-refractivity contribution in [2.75, 3.05) is 18.0 Å². The summed E-state index contributed by atoms with van der Waals surface area (Å²) in [4.78, 5) is 6.79. The molecule has 1 aliphatic rings. The molecule has 0 bridgehead atoms. The summed E-state index contributed by atoms with van der Waals surface area (Å²) in [6.45, 7) is 3.35. The SMILES string of the molecule is Cc1ccc(-c2cn3ccc(N4CC[C@@H](F)C4)cc3n2)cc1. The maximum atomic E-state index is 13.4. The molecule has 1 atom stereocenters. The minimum Gasteiger partial charge on any atom is -0.368 e. The predicted octanol–water partition coefficient (Wildman–Crippen LogP) is 3.86. The van der Waals surface area contributed by atoms with E-state index in [9.17, 15) is 4.39 Å². The number of rotatable bonds is 2. The smallest absolute Gasteiger partial charge is 0.139 e. The van der Waals surface area contributed by atoms with Crippen molar-refractivity contribution in [2.24, 2.45) is 0 Å². The Morgan fingerprint density at radius 3 is 2.73 bits per heavy atom. The zero-order chi connectivity index (χ0) is 15.1. The first-order chi connectivity index (χ1) is 10.7. The van der Waals surface area contributed by atoms with Gasteiger partial charge in [-0.05, 0) is 19.4 Å². The van der Waals surface area contributed by atoms with Crippen LogP contribution in [0.1, 0.15) is 12.0 Å². The van der Waals surface area contributed by atoms with Gasteiger partial charge in [0.25, 0.3) is 0 Å². The van der Waals surface area contributed by atoms with E-state index in [0.717, 1.165) is 29.1 Å². The molecule has 1 fully saturated rings. The fourth-order valence-corrected chi connectivity index (χ4v) is 2.98. The molecule has 0 spiro atoms. The van der Waals surface area contributed by atoms with Gasteiger partial charge in [0.2, 0.25) is 0 Å². The van der Waals surface area contributed by atoms with Crippen molar-refractivity contribution >= 4 is 11.3 Å². The number of aryl methyl sites for hydroxylation is 1. The fraction of sp³-hybridized carbons (Fsp3) is 0.278. The van der Waals surface area contributed by atoms with Gasteiger partial charge in [0.05, 0.1) is 5.69 Å². The molecule has 1 saturated heterocycles. The molecule has 3 aromatic rings. The number of imidazole rings is 1. The number of alkyl halides is 1. The molecule has 3 nitrogen and oxygen atoms in total. The van der Waals surface area contributed by atoms with Crippen LogP contribution in [0.25, 0.3) is 16.9 Å². The molecular formula is C18H18FN3. The predicted molar refractivity (Wildman–Crippen MR) is 87.1 cm³/mol. The highest BCUT2D eigenvalue weighted by Gasteiger charge is 2.22. The Labute approximate surface area is 129 Å². The highest BCUT2D eigenvalue weighted by molar-refractivity contribution is 5.65. The molecule has 3 heterocycles. The van der Waals surface area contributed by atoms with Gasteiger partial charge in [0.15, 0.2) is 0 Å². The van der Waals surface area contributed by atoms with E-state index in [1.807, 2.05) is 28.9 Å². The molecule has 2 aromatic heterocycles. The summed E-state index contributed by atoms with van der Waals surface area (Å²) in [5.74, 6) is 0. The van der Waals surface area contributed by atoms with Gasteiger partial charge < -0.3 is 9.30 Å². The molecule has 0 unspecified atom stereocenters. The molecule has 0 radical (unpaired) electrons. The molecule has 0 aliphatic carbocycles. The minimum atomic E-state index is -0.709. The lowest BCUT2D eigenvalue weighted by molar-refractivity contribution is 0.364. The number of aromatic nitrogens is 2. The molecule has 0 saturated carbocycles. The first-order valence-electron chi connectivity index (χ1n) is 7.64. The highest BCUT2D eigenvalue weighted by atomic mass is 19.1. The molecule has 1 aromatic carbocycles. The van der Waals surface area contributed by atoms with E-state index in [4.69, 9.17) is 4.98 Å². The lowest BCUT2D eigenvalue weighted by atomic mass is 10.1. The largest absolute Gasteiger partial charge is 0.368 e. The van der Waals surface area contributed by atoms with Gasteiger partial charge in [0, 0.05) is 42.8 Å². The maximum Gasteiger partial charge on any atom is 0.139 e. The van der Waals surface area contributed by atoms with Gasteiger partial charge in [-0.3, -0.25) is 0 Å². The van der Waals surface area contributed by atoms with Crippen molar-refractivity contribution in [2.45, 2.75) is 19.5 Å². The number of halogens is 1. The van der Waals surface area contributed by atoms with E-state index in [0.29, 0.717) is 13.0 Å². The van der Waals surface area contributed by atoms with Crippen LogP contribution < -0.4 is 4.90 Å². The standard InChI is InChI=1S/C18H18FN3/c1-13-2-4-14(5-3-13)17-12-22-9-7-16(10-18(22)20-17)21-8-6-15(19)11-21/h2-5,7,9-10,12,15H,6,8,11H2,1H3/t15-/m1/s1. The Balaban J connectivity index is 1.70. The zero-order valence-electron chi connectivity index (χ0n) is 12.5. The van der Waals surface area contributed by atoms with Crippen LogP contribution in [0, 0.1) is 6.92 Å². The van der Waals surface area contributed by atoms with Gasteiger partial charge in [-0.15, -0.1) is 0 Å². The maximum absolute atomic E-state index is 13.4. The Kier molecular flexibility index (Phi) is 3.10. The summed E-state index contributed by atoms with van der Waals surface area (Å²) >= 11 is 0. The summed E-state index contributed by atoms with van der Waals surface area (Å²) in [7, 11) is 0. The van der Waals surface area contributed by atoms with Crippen LogP contribution in [0.2, 0.25) is 0 Å². The van der Waals surface area contributed by atoms with Crippen molar-refractivity contribution in [3.63, 3.8) is 0 Å². The van der Waals surface area contributed by atoms with Crippen molar-refractivity contribution in [1.29, 1.82) is 0 Å². The number of hydrogen-bond acceptors (Lipinski definition) is 2. The normalized spacial score (nSPS) is 18.3. The fourth-order valence-electron chi connectivity index (χ4n) is 2.98. The van der Waals surface area contributed by atoms with Gasteiger partial charge in [-0.25, -0.2) is 9.37 Å². The van der Waals surface area contributed by atoms with Gasteiger partial charge in [-0.2, -0.15) is 0 Å². The van der Waals surface area contributed by atoms with Crippen LogP contribution in [-0.2, 0) is 0 Å². The molecular weight excluding hydrogens is 277 g/mol. The Bertz CT molecular complexity index is 807. The summed E-state index contributed by atoms with van der Waals surface area (Å²) < 4.78 is 15.4. The van der Waals surface area contributed by atoms with E-state index in [1.165, 1.54) is 5.56 Å². The average Bonchev–Trinajstić information content (AvgIpc) is 3.13. The van der Waals surface area contributed by atoms with Crippen molar-refractivity contribution in [3.05, 3.63) is 54.4 Å². The van der Waals surface area contributed by atoms with Crippen LogP contribution in [0.4, 0.5) is 10.1 Å². The van der Waals surface area contributed by atoms with Crippen LogP contribution in [0.3, 0.4) is 0 Å². The lowest BCUT2D eigenvalue weighted by Crippen LogP contribution is -2.19. The minimum absolute atomic E-state index is 0.488. The van der Waals surface area contributed by atoms with Crippen LogP contribution in [0.15, 0.2) is 48.8 Å². The average molecular weight is 295 g/mol. The van der Waals surface area contributed by atoms with Crippen molar-refractivity contribution in [3.8, 4) is 11.3 Å². The molecule has 22 heavy (non-hydrogen) atoms. The highest BCUT2D eigenvalue weighted by Crippen LogP contribution is 2.25. The van der Waals surface area contributed by atoms with E-state index in [-0.39, 0.29) is 0 Å². The number of fused-ring (bicyclic) bond motifs is 1. The second-order valence-corrected chi connectivity index (χ2v) is 5.97. The molecule has 1 aliphatic heterocycles. The molecule has 0 amide bonds. The molecule has 112 valence electrons. The van der Waals surface area contributed by atoms with E-state index < -0.39 is 6.17 Å². The molecule has 4 heteroatoms. The zero-order valence-corrected chi connectivity index (χ0v) is 12.5. The number of nitrogens with zero attached hydrogens (tertiary/aromatic N) is 3. The second kappa shape index (κ2) is 5.13. The second-order valence-electron chi connectivity index (χ2n) is 5.97. The van der Waals surface area contributed by atoms with Crippen molar-refractivity contribution < 1.29 is 4.39 Å². The van der Waals surface area contributed by atoms with Gasteiger partial charge in [0.1, 0.15) is 11.8 Å². The van der Waals surface area contributed by atoms with Gasteiger partial charge in [-0.1, -0.05) is 29.8 Å². The van der Waals surface area contributed by atoms with Crippen LogP contribution in [-0.4, -0.2) is 28.6 Å². The number of hydrogen-bond donors (Lipinski definition) is 0. The Morgan fingerprint density at radius 1 is 1.18 bits per heavy atom. The third-order valence-corrected chi connectivity index (χ3v) is 4.29. The monoisotopic (exact) mass is 295 g/mol. The number of anilines is 1. The summed E-state index contributed by atoms with van der Waals surface area (Å²) in [6.07, 6.45) is 3.94. The first-order valence-corrected chi connectivity index (χ1v) is 7.64. The topological polar surface area (TPSA) is 20.5 Å². The summed E-state index contributed by atoms with van der Waals surface area (Å²) in [5.41, 5.74) is 5.26. The lowest BCUT2D eigenvalue weighted by Gasteiger charge is -2.17. The molecule has 4 rings (SSSR count). The van der Waals surface area contributed by atoms with Crippen molar-refractivity contribution in [1.82, 2.24) is 9.38 Å². The Morgan fingerprint density at radius 2 is 2.00 bits per heavy atom. The third kappa shape index (κ3) is 2.34. The third-order valence-electron chi connectivity index (χ3n) is 4.29. The summed E-state index contributed by atoms with van der Waals surface area (Å²) in [6, 6.07) is 12.4. The van der Waals surface area contributed by atoms with E-state index in [2.05, 4.69) is 36.1 Å². The number of pyridine rings is 1. The van der Waals surface area contributed by atoms with E-state index in [1.54, 1.807) is 0 Å². The van der Waals surface area contributed by atoms with Crippen LogP contribution in [0.5, 0.6) is 0 Å². The quantitative estimate of drug-likeness (QED) is 0.715. The number of benzene rings is 1. The van der Waals surface area contributed by atoms with E-state index >= 15 is 0 Å². The summed E-state index contributed by atoms with van der Waals surface area (Å²) in [5, 5.41) is 0. The van der Waals surface area contributed by atoms with Gasteiger partial charge >= 0.3 is 0 Å². The van der Waals surface area contributed by atoms with Crippen LogP contribution >= 0.6 is 0 Å². The molecule has 0 N–H and O–H groups in total. The Hall–Kier alpha value is -2.36.